The number of nitrogens with zero attached hydrogens (tertiary/aromatic N) is 1. The van der Waals surface area contributed by atoms with Gasteiger partial charge >= 0.3 is 0 Å². The number of benzene rings is 3. The molecule has 0 aliphatic heterocycles. The molecule has 0 fully saturated rings. The van der Waals surface area contributed by atoms with Gasteiger partial charge < -0.3 is 10.2 Å². The van der Waals surface area contributed by atoms with Crippen molar-refractivity contribution in [1.82, 2.24) is 10.2 Å². The summed E-state index contributed by atoms with van der Waals surface area (Å²) < 4.78 is 0. The number of halogens is 2. The van der Waals surface area contributed by atoms with E-state index in [1.165, 1.54) is 11.8 Å². The Morgan fingerprint density at radius 1 is 0.944 bits per heavy atom. The van der Waals surface area contributed by atoms with E-state index in [9.17, 15) is 9.59 Å². The highest BCUT2D eigenvalue weighted by Crippen LogP contribution is 2.25. The molecule has 0 radical (unpaired) electrons. The second-order valence-electron chi connectivity index (χ2n) is 8.76. The zero-order chi connectivity index (χ0) is 25.9. The van der Waals surface area contributed by atoms with Gasteiger partial charge in [0.1, 0.15) is 6.04 Å². The standard InChI is InChI=1S/C29H32Cl2N2O2S/c1-3-21(2)32-29(35)27(16-22-10-6-4-7-11-22)33(18-24-14-15-25(30)17-26(24)31)28(34)20-36-19-23-12-8-5-9-13-23/h4-15,17,21,27H,3,16,18-20H2,1-2H3,(H,32,35)/t21-,27-/m0/s1. The summed E-state index contributed by atoms with van der Waals surface area (Å²) in [6, 6.07) is 24.4. The van der Waals surface area contributed by atoms with Crippen LogP contribution >= 0.6 is 35.0 Å². The van der Waals surface area contributed by atoms with Gasteiger partial charge in [-0.15, -0.1) is 11.8 Å². The molecule has 0 saturated carbocycles. The third-order valence-electron chi connectivity index (χ3n) is 5.97. The Labute approximate surface area is 228 Å². The highest BCUT2D eigenvalue weighted by Gasteiger charge is 2.31. The molecule has 0 aliphatic carbocycles. The molecule has 36 heavy (non-hydrogen) atoms. The van der Waals surface area contributed by atoms with Crippen LogP contribution in [0, 0.1) is 0 Å². The van der Waals surface area contributed by atoms with Crippen LogP contribution in [0.2, 0.25) is 10.0 Å². The van der Waals surface area contributed by atoms with Crippen molar-refractivity contribution in [2.75, 3.05) is 5.75 Å². The number of hydrogen-bond acceptors (Lipinski definition) is 3. The molecular weight excluding hydrogens is 511 g/mol. The smallest absolute Gasteiger partial charge is 0.243 e. The SMILES string of the molecule is CC[C@H](C)NC(=O)[C@H](Cc1ccccc1)N(Cc1ccc(Cl)cc1Cl)C(=O)CSCc1ccccc1. The Hall–Kier alpha value is -2.47. The van der Waals surface area contributed by atoms with Crippen molar-refractivity contribution >= 4 is 46.8 Å². The Bertz CT molecular complexity index is 1130. The largest absolute Gasteiger partial charge is 0.352 e. The van der Waals surface area contributed by atoms with Crippen LogP contribution in [0.3, 0.4) is 0 Å². The van der Waals surface area contributed by atoms with Crippen LogP contribution in [0.15, 0.2) is 78.9 Å². The summed E-state index contributed by atoms with van der Waals surface area (Å²) in [6.07, 6.45) is 1.21. The lowest BCUT2D eigenvalue weighted by Gasteiger charge is -2.32. The van der Waals surface area contributed by atoms with Crippen molar-refractivity contribution in [2.45, 2.75) is 51.1 Å². The number of amides is 2. The lowest BCUT2D eigenvalue weighted by atomic mass is 10.0. The summed E-state index contributed by atoms with van der Waals surface area (Å²) >= 11 is 14.1. The Morgan fingerprint density at radius 3 is 2.19 bits per heavy atom. The summed E-state index contributed by atoms with van der Waals surface area (Å²) in [7, 11) is 0. The van der Waals surface area contributed by atoms with Gasteiger partial charge in [0, 0.05) is 34.8 Å². The molecule has 3 aromatic carbocycles. The third-order valence-corrected chi connectivity index (χ3v) is 7.54. The molecular formula is C29H32Cl2N2O2S. The average molecular weight is 544 g/mol. The highest BCUT2D eigenvalue weighted by atomic mass is 35.5. The quantitative estimate of drug-likeness (QED) is 0.274. The van der Waals surface area contributed by atoms with Crippen molar-refractivity contribution in [1.29, 1.82) is 0 Å². The van der Waals surface area contributed by atoms with Gasteiger partial charge in [-0.2, -0.15) is 0 Å². The molecule has 0 unspecified atom stereocenters. The molecule has 7 heteroatoms. The van der Waals surface area contributed by atoms with E-state index in [4.69, 9.17) is 23.2 Å². The lowest BCUT2D eigenvalue weighted by molar-refractivity contribution is -0.139. The molecule has 0 bridgehead atoms. The molecule has 0 saturated heterocycles. The van der Waals surface area contributed by atoms with Gasteiger partial charge in [0.25, 0.3) is 0 Å². The molecule has 4 nitrogen and oxygen atoms in total. The van der Waals surface area contributed by atoms with Crippen molar-refractivity contribution in [2.24, 2.45) is 0 Å². The van der Waals surface area contributed by atoms with Crippen LogP contribution in [0.4, 0.5) is 0 Å². The van der Waals surface area contributed by atoms with Crippen molar-refractivity contribution < 1.29 is 9.59 Å². The first-order valence-corrected chi connectivity index (χ1v) is 14.0. The van der Waals surface area contributed by atoms with Gasteiger partial charge in [0.05, 0.1) is 5.75 Å². The van der Waals surface area contributed by atoms with E-state index in [0.717, 1.165) is 23.1 Å². The minimum Gasteiger partial charge on any atom is -0.352 e. The number of carbonyl (C=O) groups excluding carboxylic acids is 2. The van der Waals surface area contributed by atoms with Crippen LogP contribution in [0.5, 0.6) is 0 Å². The lowest BCUT2D eigenvalue weighted by Crippen LogP contribution is -2.52. The summed E-state index contributed by atoms with van der Waals surface area (Å²) in [6.45, 7) is 4.20. The fraction of sp³-hybridized carbons (Fsp3) is 0.310. The normalized spacial score (nSPS) is 12.6. The summed E-state index contributed by atoms with van der Waals surface area (Å²) in [5, 5.41) is 4.08. The fourth-order valence-corrected chi connectivity index (χ4v) is 5.08. The van der Waals surface area contributed by atoms with Crippen molar-refractivity contribution in [3.8, 4) is 0 Å². The predicted molar refractivity (Wildman–Crippen MR) is 151 cm³/mol. The summed E-state index contributed by atoms with van der Waals surface area (Å²) in [4.78, 5) is 28.8. The maximum Gasteiger partial charge on any atom is 0.243 e. The van der Waals surface area contributed by atoms with Crippen molar-refractivity contribution in [3.63, 3.8) is 0 Å². The van der Waals surface area contributed by atoms with Crippen LogP contribution in [-0.4, -0.2) is 34.6 Å². The Kier molecular flexibility index (Phi) is 11.2. The number of nitrogens with one attached hydrogen (secondary N) is 1. The minimum atomic E-state index is -0.682. The molecule has 0 aromatic heterocycles. The Morgan fingerprint density at radius 2 is 1.58 bits per heavy atom. The monoisotopic (exact) mass is 542 g/mol. The molecule has 1 N–H and O–H groups in total. The zero-order valence-electron chi connectivity index (χ0n) is 20.6. The molecule has 0 aliphatic rings. The Balaban J connectivity index is 1.89. The van der Waals surface area contributed by atoms with Gasteiger partial charge in [0.15, 0.2) is 0 Å². The molecule has 3 rings (SSSR count). The van der Waals surface area contributed by atoms with Crippen LogP contribution in [-0.2, 0) is 28.3 Å². The maximum atomic E-state index is 13.7. The number of carbonyl (C=O) groups is 2. The zero-order valence-corrected chi connectivity index (χ0v) is 23.0. The second kappa shape index (κ2) is 14.3. The molecule has 2 amide bonds. The first kappa shape index (κ1) is 28.1. The summed E-state index contributed by atoms with van der Waals surface area (Å²) in [5.41, 5.74) is 2.88. The first-order valence-electron chi connectivity index (χ1n) is 12.1. The fourth-order valence-electron chi connectivity index (χ4n) is 3.74. The average Bonchev–Trinajstić information content (AvgIpc) is 2.88. The van der Waals surface area contributed by atoms with E-state index >= 15 is 0 Å². The molecule has 2 atom stereocenters. The minimum absolute atomic E-state index is 0.000647. The molecule has 3 aromatic rings. The van der Waals surface area contributed by atoms with Crippen LogP contribution < -0.4 is 5.32 Å². The molecule has 0 heterocycles. The van der Waals surface area contributed by atoms with Crippen molar-refractivity contribution in [3.05, 3.63) is 106 Å². The van der Waals surface area contributed by atoms with E-state index in [0.29, 0.717) is 22.2 Å². The van der Waals surface area contributed by atoms with Gasteiger partial charge in [0.2, 0.25) is 11.8 Å². The second-order valence-corrected chi connectivity index (χ2v) is 10.6. The van der Waals surface area contributed by atoms with Crippen LogP contribution in [0.25, 0.3) is 0 Å². The third kappa shape index (κ3) is 8.58. The molecule has 0 spiro atoms. The number of rotatable bonds is 12. The van der Waals surface area contributed by atoms with E-state index in [2.05, 4.69) is 5.32 Å². The summed E-state index contributed by atoms with van der Waals surface area (Å²) in [5.74, 6) is 0.689. The number of hydrogen-bond donors (Lipinski definition) is 1. The van der Waals surface area contributed by atoms with E-state index in [1.54, 1.807) is 17.0 Å². The topological polar surface area (TPSA) is 49.4 Å². The van der Waals surface area contributed by atoms with Gasteiger partial charge in [-0.1, -0.05) is 96.9 Å². The predicted octanol–water partition coefficient (Wildman–Crippen LogP) is 6.78. The van der Waals surface area contributed by atoms with E-state index in [-0.39, 0.29) is 30.2 Å². The number of thioether (sulfide) groups is 1. The maximum absolute atomic E-state index is 13.7. The van der Waals surface area contributed by atoms with Gasteiger partial charge in [-0.3, -0.25) is 9.59 Å². The van der Waals surface area contributed by atoms with Gasteiger partial charge in [-0.25, -0.2) is 0 Å². The van der Waals surface area contributed by atoms with E-state index < -0.39 is 6.04 Å². The highest BCUT2D eigenvalue weighted by molar-refractivity contribution is 7.99. The molecule has 190 valence electrons. The van der Waals surface area contributed by atoms with E-state index in [1.807, 2.05) is 80.6 Å². The van der Waals surface area contributed by atoms with Gasteiger partial charge in [-0.05, 0) is 42.2 Å². The first-order chi connectivity index (χ1) is 17.4. The van der Waals surface area contributed by atoms with Crippen LogP contribution in [0.1, 0.15) is 37.0 Å².